The molecule has 1 saturated heterocycles. The van der Waals surface area contributed by atoms with Crippen molar-refractivity contribution in [3.63, 3.8) is 0 Å². The van der Waals surface area contributed by atoms with Crippen LogP contribution in [-0.4, -0.2) is 30.1 Å². The zero-order valence-corrected chi connectivity index (χ0v) is 14.9. The summed E-state index contributed by atoms with van der Waals surface area (Å²) < 4.78 is 10.7. The molecule has 1 atom stereocenters. The van der Waals surface area contributed by atoms with Gasteiger partial charge in [0.25, 0.3) is 0 Å². The molecule has 1 aliphatic rings. The third kappa shape index (κ3) is 4.46. The Morgan fingerprint density at radius 2 is 2.08 bits per heavy atom. The number of carbonyl (C=O) groups excluding carboxylic acids is 1. The van der Waals surface area contributed by atoms with Crippen LogP contribution in [0.4, 0.5) is 10.5 Å². The number of halogens is 2. The van der Waals surface area contributed by atoms with Gasteiger partial charge in [-0.3, -0.25) is 0 Å². The van der Waals surface area contributed by atoms with Gasteiger partial charge < -0.3 is 19.4 Å². The van der Waals surface area contributed by atoms with E-state index >= 15 is 0 Å². The van der Waals surface area contributed by atoms with Gasteiger partial charge in [-0.15, -0.1) is 0 Å². The summed E-state index contributed by atoms with van der Waals surface area (Å²) in [7, 11) is 0. The molecule has 2 amide bonds. The van der Waals surface area contributed by atoms with E-state index in [1.807, 2.05) is 0 Å². The number of anilines is 1. The quantitative estimate of drug-likeness (QED) is 0.872. The summed E-state index contributed by atoms with van der Waals surface area (Å²) in [5, 5.41) is 3.58. The van der Waals surface area contributed by atoms with Gasteiger partial charge in [0.1, 0.15) is 17.6 Å². The van der Waals surface area contributed by atoms with Gasteiger partial charge >= 0.3 is 11.7 Å². The normalized spacial score (nSPS) is 16.8. The second-order valence-corrected chi connectivity index (χ2v) is 6.57. The predicted molar refractivity (Wildman–Crippen MR) is 95.8 cm³/mol. The molecule has 0 bridgehead atoms. The lowest BCUT2D eigenvalue weighted by Gasteiger charge is -2.18. The highest BCUT2D eigenvalue weighted by atomic mass is 35.5. The molecule has 6 nitrogen and oxygen atoms in total. The molecule has 1 N–H and O–H groups in total. The van der Waals surface area contributed by atoms with Crippen LogP contribution in [0.3, 0.4) is 0 Å². The number of likely N-dealkylation sites (tertiary alicyclic amines) is 1. The van der Waals surface area contributed by atoms with Crippen molar-refractivity contribution in [3.8, 4) is 5.75 Å². The fraction of sp³-hybridized carbons (Fsp3) is 0.294. The summed E-state index contributed by atoms with van der Waals surface area (Å²) in [5.74, 6) is 0.931. The molecule has 132 valence electrons. The number of rotatable bonds is 3. The van der Waals surface area contributed by atoms with Crippen LogP contribution in [0.15, 0.2) is 39.5 Å². The van der Waals surface area contributed by atoms with Gasteiger partial charge in [-0.1, -0.05) is 23.2 Å². The van der Waals surface area contributed by atoms with Crippen LogP contribution in [0.1, 0.15) is 12.2 Å². The number of urea groups is 1. The summed E-state index contributed by atoms with van der Waals surface area (Å²) in [6.45, 7) is 2.66. The van der Waals surface area contributed by atoms with Crippen molar-refractivity contribution in [1.82, 2.24) is 4.90 Å². The molecule has 1 fully saturated rings. The van der Waals surface area contributed by atoms with Crippen LogP contribution in [0.25, 0.3) is 0 Å². The Morgan fingerprint density at radius 1 is 1.28 bits per heavy atom. The first-order chi connectivity index (χ1) is 11.9. The third-order valence-corrected chi connectivity index (χ3v) is 4.51. The fourth-order valence-corrected chi connectivity index (χ4v) is 2.92. The highest BCUT2D eigenvalue weighted by molar-refractivity contribution is 6.42. The minimum absolute atomic E-state index is 0.180. The predicted octanol–water partition coefficient (Wildman–Crippen LogP) is 3.94. The summed E-state index contributed by atoms with van der Waals surface area (Å²) >= 11 is 11.8. The minimum atomic E-state index is -0.456. The second-order valence-electron chi connectivity index (χ2n) is 5.76. The summed E-state index contributed by atoms with van der Waals surface area (Å²) in [6.07, 6.45) is 0.495. The molecule has 25 heavy (non-hydrogen) atoms. The summed E-state index contributed by atoms with van der Waals surface area (Å²) in [4.78, 5) is 25.4. The van der Waals surface area contributed by atoms with E-state index < -0.39 is 5.63 Å². The van der Waals surface area contributed by atoms with Crippen molar-refractivity contribution in [3.05, 3.63) is 56.6 Å². The number of amides is 2. The van der Waals surface area contributed by atoms with Crippen LogP contribution in [-0.2, 0) is 0 Å². The molecule has 1 aromatic heterocycles. The molecule has 0 aliphatic carbocycles. The summed E-state index contributed by atoms with van der Waals surface area (Å²) in [6, 6.07) is 7.61. The van der Waals surface area contributed by atoms with Gasteiger partial charge in [0, 0.05) is 24.7 Å². The van der Waals surface area contributed by atoms with E-state index in [0.29, 0.717) is 46.8 Å². The van der Waals surface area contributed by atoms with E-state index in [1.165, 1.54) is 6.07 Å². The number of hydrogen-bond acceptors (Lipinski definition) is 4. The maximum atomic E-state index is 12.3. The van der Waals surface area contributed by atoms with E-state index in [9.17, 15) is 9.59 Å². The van der Waals surface area contributed by atoms with Gasteiger partial charge in [-0.05, 0) is 25.1 Å². The molecule has 1 aliphatic heterocycles. The summed E-state index contributed by atoms with van der Waals surface area (Å²) in [5.41, 5.74) is 0.113. The van der Waals surface area contributed by atoms with Crippen molar-refractivity contribution >= 4 is 34.9 Å². The van der Waals surface area contributed by atoms with Crippen molar-refractivity contribution in [2.75, 3.05) is 18.4 Å². The Bertz CT molecular complexity index is 853. The molecule has 3 rings (SSSR count). The molecule has 2 heterocycles. The molecule has 8 heteroatoms. The van der Waals surface area contributed by atoms with Crippen LogP contribution < -0.4 is 15.7 Å². The minimum Gasteiger partial charge on any atom is -0.488 e. The number of hydrogen-bond donors (Lipinski definition) is 1. The third-order valence-electron chi connectivity index (χ3n) is 3.77. The van der Waals surface area contributed by atoms with E-state index in [1.54, 1.807) is 36.1 Å². The van der Waals surface area contributed by atoms with Gasteiger partial charge in [-0.25, -0.2) is 9.59 Å². The zero-order valence-electron chi connectivity index (χ0n) is 13.4. The van der Waals surface area contributed by atoms with Crippen molar-refractivity contribution < 1.29 is 13.9 Å². The second kappa shape index (κ2) is 7.37. The highest BCUT2D eigenvalue weighted by Gasteiger charge is 2.28. The first-order valence-electron chi connectivity index (χ1n) is 7.70. The van der Waals surface area contributed by atoms with Crippen LogP contribution >= 0.6 is 23.2 Å². The highest BCUT2D eigenvalue weighted by Crippen LogP contribution is 2.25. The number of ether oxygens (including phenoxy) is 1. The Labute approximate surface area is 154 Å². The molecule has 1 unspecified atom stereocenters. The number of aryl methyl sites for hydroxylation is 1. The first kappa shape index (κ1) is 17.6. The topological polar surface area (TPSA) is 71.8 Å². The number of nitrogens with one attached hydrogen (secondary N) is 1. The Morgan fingerprint density at radius 3 is 2.80 bits per heavy atom. The van der Waals surface area contributed by atoms with E-state index in [2.05, 4.69) is 5.32 Å². The van der Waals surface area contributed by atoms with Crippen LogP contribution in [0.5, 0.6) is 5.75 Å². The standard InChI is InChI=1S/C17H16Cl2N2O4/c1-10-6-13(8-16(22)24-10)25-12-4-5-21(9-12)17(23)20-11-2-3-14(18)15(19)7-11/h2-3,6-8,12H,4-5,9H2,1H3,(H,20,23). The molecular formula is C17H16Cl2N2O4. The molecule has 1 aromatic carbocycles. The van der Waals surface area contributed by atoms with Gasteiger partial charge in [0.05, 0.1) is 22.7 Å². The lowest BCUT2D eigenvalue weighted by molar-refractivity contribution is 0.193. The number of carbonyl (C=O) groups is 1. The average Bonchev–Trinajstić information content (AvgIpc) is 2.98. The largest absolute Gasteiger partial charge is 0.488 e. The first-order valence-corrected chi connectivity index (χ1v) is 8.46. The SMILES string of the molecule is Cc1cc(OC2CCN(C(=O)Nc3ccc(Cl)c(Cl)c3)C2)cc(=O)o1. The molecule has 2 aromatic rings. The maximum Gasteiger partial charge on any atom is 0.339 e. The van der Waals surface area contributed by atoms with Crippen molar-refractivity contribution in [1.29, 1.82) is 0 Å². The Hall–Kier alpha value is -2.18. The van der Waals surface area contributed by atoms with E-state index in [4.69, 9.17) is 32.4 Å². The number of benzene rings is 1. The van der Waals surface area contributed by atoms with Gasteiger partial charge in [0.2, 0.25) is 0 Å². The van der Waals surface area contributed by atoms with Crippen molar-refractivity contribution in [2.45, 2.75) is 19.4 Å². The average molecular weight is 383 g/mol. The molecule has 0 radical (unpaired) electrons. The monoisotopic (exact) mass is 382 g/mol. The molecule has 0 saturated carbocycles. The van der Waals surface area contributed by atoms with Crippen LogP contribution in [0, 0.1) is 6.92 Å². The van der Waals surface area contributed by atoms with Crippen molar-refractivity contribution in [2.24, 2.45) is 0 Å². The van der Waals surface area contributed by atoms with E-state index in [-0.39, 0.29) is 12.1 Å². The van der Waals surface area contributed by atoms with Crippen LogP contribution in [0.2, 0.25) is 10.0 Å². The Balaban J connectivity index is 1.59. The smallest absolute Gasteiger partial charge is 0.339 e. The lowest BCUT2D eigenvalue weighted by atomic mass is 10.3. The van der Waals surface area contributed by atoms with E-state index in [0.717, 1.165) is 0 Å². The molecular weight excluding hydrogens is 367 g/mol. The molecule has 0 spiro atoms. The Kier molecular flexibility index (Phi) is 5.20. The van der Waals surface area contributed by atoms with Gasteiger partial charge in [-0.2, -0.15) is 0 Å². The zero-order chi connectivity index (χ0) is 18.0. The fourth-order valence-electron chi connectivity index (χ4n) is 2.62. The number of nitrogens with zero attached hydrogens (tertiary/aromatic N) is 1. The maximum absolute atomic E-state index is 12.3. The lowest BCUT2D eigenvalue weighted by Crippen LogP contribution is -2.34. The van der Waals surface area contributed by atoms with Gasteiger partial charge in [0.15, 0.2) is 0 Å².